The van der Waals surface area contributed by atoms with E-state index < -0.39 is 0 Å². The van der Waals surface area contributed by atoms with Crippen molar-refractivity contribution in [3.05, 3.63) is 58.6 Å². The van der Waals surface area contributed by atoms with E-state index in [4.69, 9.17) is 0 Å². The number of hydrogen-bond donors (Lipinski definition) is 1. The Balaban J connectivity index is 1.60. The number of anilines is 2. The van der Waals surface area contributed by atoms with Crippen LogP contribution in [-0.4, -0.2) is 13.1 Å². The normalized spacial score (nSPS) is 15.0. The summed E-state index contributed by atoms with van der Waals surface area (Å²) in [7, 11) is 0. The molecule has 0 spiro atoms. The molecule has 0 atom stereocenters. The van der Waals surface area contributed by atoms with Crippen molar-refractivity contribution in [1.29, 1.82) is 0 Å². The van der Waals surface area contributed by atoms with Gasteiger partial charge in [0.25, 0.3) is 0 Å². The van der Waals surface area contributed by atoms with Crippen molar-refractivity contribution in [2.75, 3.05) is 23.3 Å². The van der Waals surface area contributed by atoms with Gasteiger partial charge in [-0.15, -0.1) is 0 Å². The molecule has 0 aromatic heterocycles. The van der Waals surface area contributed by atoms with E-state index in [1.54, 1.807) is 0 Å². The Kier molecular flexibility index (Phi) is 4.81. The first-order valence-corrected chi connectivity index (χ1v) is 8.44. The standard InChI is InChI=1S/C18H21BrN2/c19-18-7-3-2-6-15(18)14-20-16-8-10-17(11-9-16)21-12-4-1-5-13-21/h2-3,6-11,20H,1,4-5,12-14H2. The van der Waals surface area contributed by atoms with Gasteiger partial charge in [0.2, 0.25) is 0 Å². The summed E-state index contributed by atoms with van der Waals surface area (Å²) in [6.07, 6.45) is 4.02. The Morgan fingerprint density at radius 3 is 2.33 bits per heavy atom. The molecule has 1 fully saturated rings. The van der Waals surface area contributed by atoms with Crippen LogP contribution in [0, 0.1) is 0 Å². The minimum Gasteiger partial charge on any atom is -0.381 e. The molecular formula is C18H21BrN2. The second kappa shape index (κ2) is 6.99. The van der Waals surface area contributed by atoms with Crippen LogP contribution >= 0.6 is 15.9 Å². The van der Waals surface area contributed by atoms with Crippen molar-refractivity contribution in [3.8, 4) is 0 Å². The van der Waals surface area contributed by atoms with E-state index in [9.17, 15) is 0 Å². The molecule has 1 saturated heterocycles. The van der Waals surface area contributed by atoms with Crippen molar-refractivity contribution in [2.45, 2.75) is 25.8 Å². The van der Waals surface area contributed by atoms with E-state index in [0.29, 0.717) is 0 Å². The predicted molar refractivity (Wildman–Crippen MR) is 94.0 cm³/mol. The summed E-state index contributed by atoms with van der Waals surface area (Å²) < 4.78 is 1.16. The van der Waals surface area contributed by atoms with Gasteiger partial charge in [-0.3, -0.25) is 0 Å². The van der Waals surface area contributed by atoms with Crippen LogP contribution < -0.4 is 10.2 Å². The monoisotopic (exact) mass is 344 g/mol. The number of nitrogens with zero attached hydrogens (tertiary/aromatic N) is 1. The van der Waals surface area contributed by atoms with Crippen LogP contribution in [0.3, 0.4) is 0 Å². The van der Waals surface area contributed by atoms with Gasteiger partial charge in [0.1, 0.15) is 0 Å². The Hall–Kier alpha value is -1.48. The molecule has 0 bridgehead atoms. The van der Waals surface area contributed by atoms with Gasteiger partial charge in [-0.05, 0) is 55.2 Å². The van der Waals surface area contributed by atoms with Gasteiger partial charge in [0, 0.05) is 35.5 Å². The van der Waals surface area contributed by atoms with Crippen LogP contribution in [-0.2, 0) is 6.54 Å². The summed E-state index contributed by atoms with van der Waals surface area (Å²) in [5.74, 6) is 0. The molecule has 2 aromatic carbocycles. The summed E-state index contributed by atoms with van der Waals surface area (Å²) in [6, 6.07) is 17.2. The van der Waals surface area contributed by atoms with Crippen molar-refractivity contribution < 1.29 is 0 Å². The molecule has 0 radical (unpaired) electrons. The highest BCUT2D eigenvalue weighted by molar-refractivity contribution is 9.10. The molecule has 0 saturated carbocycles. The van der Waals surface area contributed by atoms with Gasteiger partial charge < -0.3 is 10.2 Å². The number of nitrogens with one attached hydrogen (secondary N) is 1. The lowest BCUT2D eigenvalue weighted by molar-refractivity contribution is 0.578. The van der Waals surface area contributed by atoms with Crippen molar-refractivity contribution in [3.63, 3.8) is 0 Å². The molecule has 1 heterocycles. The first-order valence-electron chi connectivity index (χ1n) is 7.65. The van der Waals surface area contributed by atoms with Crippen LogP contribution in [0.1, 0.15) is 24.8 Å². The quantitative estimate of drug-likeness (QED) is 0.834. The van der Waals surface area contributed by atoms with Gasteiger partial charge in [0.15, 0.2) is 0 Å². The van der Waals surface area contributed by atoms with Crippen molar-refractivity contribution in [2.24, 2.45) is 0 Å². The number of benzene rings is 2. The second-order valence-electron chi connectivity index (χ2n) is 5.54. The SMILES string of the molecule is Brc1ccccc1CNc1ccc(N2CCCCC2)cc1. The number of piperidine rings is 1. The van der Waals surface area contributed by atoms with E-state index in [1.807, 2.05) is 6.07 Å². The van der Waals surface area contributed by atoms with Crippen molar-refractivity contribution in [1.82, 2.24) is 0 Å². The van der Waals surface area contributed by atoms with E-state index in [2.05, 4.69) is 68.6 Å². The highest BCUT2D eigenvalue weighted by atomic mass is 79.9. The molecule has 2 aromatic rings. The smallest absolute Gasteiger partial charge is 0.0411 e. The third-order valence-corrected chi connectivity index (χ3v) is 4.80. The fourth-order valence-corrected chi connectivity index (χ4v) is 3.21. The fraction of sp³-hybridized carbons (Fsp3) is 0.333. The number of rotatable bonds is 4. The minimum absolute atomic E-state index is 0.838. The van der Waals surface area contributed by atoms with Gasteiger partial charge >= 0.3 is 0 Å². The number of halogens is 1. The van der Waals surface area contributed by atoms with Crippen LogP contribution in [0.25, 0.3) is 0 Å². The van der Waals surface area contributed by atoms with Gasteiger partial charge in [0.05, 0.1) is 0 Å². The number of hydrogen-bond acceptors (Lipinski definition) is 2. The molecule has 3 rings (SSSR count). The summed E-state index contributed by atoms with van der Waals surface area (Å²) in [6.45, 7) is 3.23. The molecule has 0 aliphatic carbocycles. The van der Waals surface area contributed by atoms with Gasteiger partial charge in [-0.2, -0.15) is 0 Å². The zero-order valence-electron chi connectivity index (χ0n) is 12.2. The first kappa shape index (κ1) is 14.5. The Bertz CT molecular complexity index is 574. The third-order valence-electron chi connectivity index (χ3n) is 4.03. The van der Waals surface area contributed by atoms with Crippen LogP contribution in [0.5, 0.6) is 0 Å². The topological polar surface area (TPSA) is 15.3 Å². The second-order valence-corrected chi connectivity index (χ2v) is 6.39. The highest BCUT2D eigenvalue weighted by Gasteiger charge is 2.10. The third kappa shape index (κ3) is 3.79. The van der Waals surface area contributed by atoms with E-state index in [0.717, 1.165) is 11.0 Å². The highest BCUT2D eigenvalue weighted by Crippen LogP contribution is 2.23. The van der Waals surface area contributed by atoms with Gasteiger partial charge in [-0.25, -0.2) is 0 Å². The summed E-state index contributed by atoms with van der Waals surface area (Å²) in [4.78, 5) is 2.49. The molecule has 0 amide bonds. The predicted octanol–water partition coefficient (Wildman–Crippen LogP) is 5.05. The van der Waals surface area contributed by atoms with E-state index in [-0.39, 0.29) is 0 Å². The van der Waals surface area contributed by atoms with Crippen LogP contribution in [0.4, 0.5) is 11.4 Å². The average Bonchev–Trinajstić information content (AvgIpc) is 2.55. The molecule has 0 unspecified atom stereocenters. The van der Waals surface area contributed by atoms with E-state index in [1.165, 1.54) is 49.3 Å². The minimum atomic E-state index is 0.838. The summed E-state index contributed by atoms with van der Waals surface area (Å²) in [5, 5.41) is 3.48. The Labute approximate surface area is 135 Å². The maximum atomic E-state index is 3.59. The molecule has 1 aliphatic heterocycles. The van der Waals surface area contributed by atoms with Crippen molar-refractivity contribution >= 4 is 27.3 Å². The molecule has 21 heavy (non-hydrogen) atoms. The molecule has 2 nitrogen and oxygen atoms in total. The molecule has 1 N–H and O–H groups in total. The first-order chi connectivity index (χ1) is 10.3. The lowest BCUT2D eigenvalue weighted by atomic mass is 10.1. The Morgan fingerprint density at radius 1 is 0.905 bits per heavy atom. The maximum absolute atomic E-state index is 3.59. The summed E-state index contributed by atoms with van der Waals surface area (Å²) >= 11 is 3.59. The van der Waals surface area contributed by atoms with Gasteiger partial charge in [-0.1, -0.05) is 34.1 Å². The average molecular weight is 345 g/mol. The van der Waals surface area contributed by atoms with E-state index >= 15 is 0 Å². The van der Waals surface area contributed by atoms with Crippen LogP contribution in [0.2, 0.25) is 0 Å². The summed E-state index contributed by atoms with van der Waals surface area (Å²) in [5.41, 5.74) is 3.80. The zero-order chi connectivity index (χ0) is 14.5. The molecule has 110 valence electrons. The molecular weight excluding hydrogens is 324 g/mol. The maximum Gasteiger partial charge on any atom is 0.0411 e. The molecule has 3 heteroatoms. The zero-order valence-corrected chi connectivity index (χ0v) is 13.8. The largest absolute Gasteiger partial charge is 0.381 e. The Morgan fingerprint density at radius 2 is 1.62 bits per heavy atom. The fourth-order valence-electron chi connectivity index (χ4n) is 2.78. The lowest BCUT2D eigenvalue weighted by Crippen LogP contribution is -2.29. The molecule has 1 aliphatic rings. The van der Waals surface area contributed by atoms with Crippen LogP contribution in [0.15, 0.2) is 53.0 Å². The lowest BCUT2D eigenvalue weighted by Gasteiger charge is -2.28.